The number of rotatable bonds is 6. The van der Waals surface area contributed by atoms with Crippen molar-refractivity contribution in [1.82, 2.24) is 10.9 Å². The number of aryl methyl sites for hydroxylation is 2. The van der Waals surface area contributed by atoms with Crippen molar-refractivity contribution >= 4 is 17.5 Å². The standard InChI is InChI=1S/C19H21N3O5/c1-4-14-6-9-16(10-7-14)27-13(3)18(23)20-21-19(24)15-8-5-12(2)17(11-15)22(25)26/h5-11,13H,4H2,1-3H3,(H,20,23)(H,21,24)/t13-/m1/s1. The maximum absolute atomic E-state index is 12.1. The van der Waals surface area contributed by atoms with Crippen molar-refractivity contribution in [2.75, 3.05) is 0 Å². The van der Waals surface area contributed by atoms with Crippen molar-refractivity contribution in [1.29, 1.82) is 0 Å². The molecular weight excluding hydrogens is 350 g/mol. The summed E-state index contributed by atoms with van der Waals surface area (Å²) in [5.41, 5.74) is 5.98. The Hall–Kier alpha value is -3.42. The maximum atomic E-state index is 12.1. The van der Waals surface area contributed by atoms with Crippen LogP contribution in [0.5, 0.6) is 5.75 Å². The summed E-state index contributed by atoms with van der Waals surface area (Å²) >= 11 is 0. The Kier molecular flexibility index (Phi) is 6.48. The summed E-state index contributed by atoms with van der Waals surface area (Å²) in [5.74, 6) is -0.675. The van der Waals surface area contributed by atoms with E-state index in [1.807, 2.05) is 19.1 Å². The number of hydrogen-bond donors (Lipinski definition) is 2. The van der Waals surface area contributed by atoms with Gasteiger partial charge >= 0.3 is 0 Å². The van der Waals surface area contributed by atoms with Gasteiger partial charge in [-0.15, -0.1) is 0 Å². The van der Waals surface area contributed by atoms with Crippen LogP contribution in [0.25, 0.3) is 0 Å². The van der Waals surface area contributed by atoms with Gasteiger partial charge in [-0.2, -0.15) is 0 Å². The Morgan fingerprint density at radius 3 is 2.41 bits per heavy atom. The van der Waals surface area contributed by atoms with Gasteiger partial charge in [-0.25, -0.2) is 0 Å². The van der Waals surface area contributed by atoms with Gasteiger partial charge in [0.1, 0.15) is 5.75 Å². The molecule has 2 amide bonds. The van der Waals surface area contributed by atoms with Crippen molar-refractivity contribution in [2.24, 2.45) is 0 Å². The number of nitro benzene ring substituents is 1. The molecular formula is C19H21N3O5. The predicted molar refractivity (Wildman–Crippen MR) is 99.4 cm³/mol. The van der Waals surface area contributed by atoms with E-state index in [0.717, 1.165) is 18.1 Å². The third-order valence-electron chi connectivity index (χ3n) is 3.98. The molecule has 0 aromatic heterocycles. The minimum atomic E-state index is -0.842. The lowest BCUT2D eigenvalue weighted by Gasteiger charge is -2.15. The van der Waals surface area contributed by atoms with Crippen molar-refractivity contribution in [2.45, 2.75) is 33.3 Å². The Morgan fingerprint density at radius 2 is 1.81 bits per heavy atom. The maximum Gasteiger partial charge on any atom is 0.279 e. The Balaban J connectivity index is 1.92. The summed E-state index contributed by atoms with van der Waals surface area (Å²) in [4.78, 5) is 34.6. The summed E-state index contributed by atoms with van der Waals surface area (Å²) in [7, 11) is 0. The first-order valence-electron chi connectivity index (χ1n) is 8.42. The van der Waals surface area contributed by atoms with Crippen LogP contribution in [-0.4, -0.2) is 22.8 Å². The lowest BCUT2D eigenvalue weighted by atomic mass is 10.1. The number of nitrogens with one attached hydrogen (secondary N) is 2. The van der Waals surface area contributed by atoms with Gasteiger partial charge in [0.25, 0.3) is 17.5 Å². The summed E-state index contributed by atoms with van der Waals surface area (Å²) in [5, 5.41) is 11.0. The molecule has 2 rings (SSSR count). The second kappa shape index (κ2) is 8.79. The largest absolute Gasteiger partial charge is 0.481 e. The first kappa shape index (κ1) is 19.9. The second-order valence-corrected chi connectivity index (χ2v) is 5.96. The molecule has 0 aliphatic carbocycles. The summed E-state index contributed by atoms with van der Waals surface area (Å²) in [6.07, 6.45) is 0.0598. The second-order valence-electron chi connectivity index (χ2n) is 5.96. The predicted octanol–water partition coefficient (Wildman–Crippen LogP) is 2.69. The number of hydrazine groups is 1. The fraction of sp³-hybridized carbons (Fsp3) is 0.263. The molecule has 2 aromatic carbocycles. The quantitative estimate of drug-likeness (QED) is 0.599. The van der Waals surface area contributed by atoms with Gasteiger partial charge in [-0.3, -0.25) is 30.6 Å². The highest BCUT2D eigenvalue weighted by Gasteiger charge is 2.18. The highest BCUT2D eigenvalue weighted by Crippen LogP contribution is 2.19. The Bertz CT molecular complexity index is 849. The molecule has 8 heteroatoms. The molecule has 0 radical (unpaired) electrons. The van der Waals surface area contributed by atoms with Crippen LogP contribution in [0.4, 0.5) is 5.69 Å². The van der Waals surface area contributed by atoms with E-state index in [1.165, 1.54) is 12.1 Å². The van der Waals surface area contributed by atoms with Gasteiger partial charge in [0.2, 0.25) is 0 Å². The molecule has 0 aliphatic rings. The zero-order valence-electron chi connectivity index (χ0n) is 15.3. The Labute approximate surface area is 156 Å². The molecule has 142 valence electrons. The van der Waals surface area contributed by atoms with Crippen LogP contribution in [0.2, 0.25) is 0 Å². The number of amides is 2. The third-order valence-corrected chi connectivity index (χ3v) is 3.98. The van der Waals surface area contributed by atoms with Crippen molar-refractivity contribution < 1.29 is 19.2 Å². The van der Waals surface area contributed by atoms with E-state index in [1.54, 1.807) is 26.0 Å². The molecule has 27 heavy (non-hydrogen) atoms. The number of ether oxygens (including phenoxy) is 1. The topological polar surface area (TPSA) is 111 Å². The van der Waals surface area contributed by atoms with Crippen molar-refractivity contribution in [3.63, 3.8) is 0 Å². The smallest absolute Gasteiger partial charge is 0.279 e. The van der Waals surface area contributed by atoms with Gasteiger partial charge in [0, 0.05) is 17.2 Å². The van der Waals surface area contributed by atoms with E-state index < -0.39 is 22.8 Å². The molecule has 0 heterocycles. The zero-order valence-corrected chi connectivity index (χ0v) is 15.3. The van der Waals surface area contributed by atoms with Crippen LogP contribution in [-0.2, 0) is 11.2 Å². The van der Waals surface area contributed by atoms with Crippen molar-refractivity contribution in [3.05, 3.63) is 69.3 Å². The molecule has 8 nitrogen and oxygen atoms in total. The molecule has 2 aromatic rings. The van der Waals surface area contributed by atoms with Crippen LogP contribution in [0.3, 0.4) is 0 Å². The van der Waals surface area contributed by atoms with Crippen LogP contribution in [0, 0.1) is 17.0 Å². The van der Waals surface area contributed by atoms with E-state index >= 15 is 0 Å². The molecule has 0 spiro atoms. The number of benzene rings is 2. The van der Waals surface area contributed by atoms with Gasteiger partial charge in [-0.05, 0) is 44.0 Å². The number of hydrogen-bond acceptors (Lipinski definition) is 5. The van der Waals surface area contributed by atoms with Gasteiger partial charge in [0.15, 0.2) is 6.10 Å². The van der Waals surface area contributed by atoms with E-state index in [9.17, 15) is 19.7 Å². The average molecular weight is 371 g/mol. The van der Waals surface area contributed by atoms with Crippen molar-refractivity contribution in [3.8, 4) is 5.75 Å². The first-order chi connectivity index (χ1) is 12.8. The van der Waals surface area contributed by atoms with E-state index in [2.05, 4.69) is 10.9 Å². The van der Waals surface area contributed by atoms with Crippen LogP contribution < -0.4 is 15.6 Å². The molecule has 2 N–H and O–H groups in total. The monoisotopic (exact) mass is 371 g/mol. The van der Waals surface area contributed by atoms with Gasteiger partial charge in [-0.1, -0.05) is 25.1 Å². The number of carbonyl (C=O) groups is 2. The van der Waals surface area contributed by atoms with Gasteiger partial charge < -0.3 is 4.74 Å². The highest BCUT2D eigenvalue weighted by atomic mass is 16.6. The zero-order chi connectivity index (χ0) is 20.0. The number of carbonyl (C=O) groups excluding carboxylic acids is 2. The molecule has 0 saturated heterocycles. The minimum Gasteiger partial charge on any atom is -0.481 e. The molecule has 0 fully saturated rings. The third kappa shape index (κ3) is 5.27. The molecule has 0 aliphatic heterocycles. The fourth-order valence-electron chi connectivity index (χ4n) is 2.30. The van der Waals surface area contributed by atoms with Gasteiger partial charge in [0.05, 0.1) is 4.92 Å². The molecule has 0 saturated carbocycles. The SMILES string of the molecule is CCc1ccc(O[C@H](C)C(=O)NNC(=O)c2ccc(C)c([N+](=O)[O-])c2)cc1. The fourth-order valence-corrected chi connectivity index (χ4v) is 2.30. The lowest BCUT2D eigenvalue weighted by molar-refractivity contribution is -0.385. The van der Waals surface area contributed by atoms with Crippen LogP contribution in [0.15, 0.2) is 42.5 Å². The molecule has 0 bridgehead atoms. The number of nitro groups is 1. The normalized spacial score (nSPS) is 11.4. The lowest BCUT2D eigenvalue weighted by Crippen LogP contribution is -2.47. The average Bonchev–Trinajstić information content (AvgIpc) is 2.66. The summed E-state index contributed by atoms with van der Waals surface area (Å²) < 4.78 is 5.53. The number of nitrogens with zero attached hydrogens (tertiary/aromatic N) is 1. The van der Waals surface area contributed by atoms with E-state index in [-0.39, 0.29) is 11.3 Å². The van der Waals surface area contributed by atoms with Crippen LogP contribution in [0.1, 0.15) is 35.3 Å². The Morgan fingerprint density at radius 1 is 1.15 bits per heavy atom. The summed E-state index contributed by atoms with van der Waals surface area (Å²) in [6, 6.07) is 11.4. The molecule has 1 atom stereocenters. The molecule has 0 unspecified atom stereocenters. The summed E-state index contributed by atoms with van der Waals surface area (Å²) in [6.45, 7) is 5.16. The minimum absolute atomic E-state index is 0.0660. The van der Waals surface area contributed by atoms with E-state index in [4.69, 9.17) is 4.74 Å². The first-order valence-corrected chi connectivity index (χ1v) is 8.42. The highest BCUT2D eigenvalue weighted by molar-refractivity contribution is 5.96. The van der Waals surface area contributed by atoms with Crippen LogP contribution >= 0.6 is 0 Å². The van der Waals surface area contributed by atoms with E-state index in [0.29, 0.717) is 11.3 Å².